The number of ketones is 1. The van der Waals surface area contributed by atoms with Crippen LogP contribution >= 0.6 is 23.2 Å². The number of nitrogens with two attached hydrogens (primary N) is 1. The van der Waals surface area contributed by atoms with E-state index in [1.165, 1.54) is 0 Å². The molecule has 0 radical (unpaired) electrons. The van der Waals surface area contributed by atoms with Crippen molar-refractivity contribution in [2.75, 3.05) is 0 Å². The molecular formula is C28H26Cl2N2O6. The second-order valence-electron chi connectivity index (χ2n) is 9.23. The first-order valence-electron chi connectivity index (χ1n) is 12.1. The zero-order valence-corrected chi connectivity index (χ0v) is 21.8. The van der Waals surface area contributed by atoms with Crippen molar-refractivity contribution >= 4 is 57.5 Å². The summed E-state index contributed by atoms with van der Waals surface area (Å²) in [5.41, 5.74) is 5.86. The Morgan fingerprint density at radius 2 is 1.63 bits per heavy atom. The Labute approximate surface area is 229 Å². The standard InChI is InChI=1S/C28H26Cl2N2O6/c29-23-22(25(34)15-6-2-1-3-7-15)18-8-4-5-9-19(18)26(24(23)30)38-17-11-10-16(14-17)27(35)32-20(28(36)37)12-13-21(31)33/h1-9,16-17,20H,10-14H2,(H2,31,33)(H,32,35)(H,36,37)/t16-,17-,20-/m0/s1. The van der Waals surface area contributed by atoms with Gasteiger partial charge in [-0.25, -0.2) is 4.79 Å². The number of carboxylic acid groups (broad SMARTS) is 1. The Kier molecular flexibility index (Phi) is 8.54. The molecule has 8 nitrogen and oxygen atoms in total. The number of halogens is 2. The Bertz CT molecular complexity index is 1400. The van der Waals surface area contributed by atoms with Crippen LogP contribution in [0.5, 0.6) is 5.75 Å². The molecule has 1 aliphatic carbocycles. The van der Waals surface area contributed by atoms with Crippen LogP contribution in [-0.4, -0.2) is 40.8 Å². The van der Waals surface area contributed by atoms with Gasteiger partial charge in [-0.05, 0) is 31.1 Å². The number of primary amides is 1. The largest absolute Gasteiger partial charge is 0.488 e. The molecular weight excluding hydrogens is 531 g/mol. The monoisotopic (exact) mass is 556 g/mol. The first-order chi connectivity index (χ1) is 18.2. The predicted octanol–water partition coefficient (Wildman–Crippen LogP) is 4.76. The fourth-order valence-corrected chi connectivity index (χ4v) is 5.22. The molecule has 0 heterocycles. The summed E-state index contributed by atoms with van der Waals surface area (Å²) >= 11 is 13.3. The highest BCUT2D eigenvalue weighted by Gasteiger charge is 2.34. The fraction of sp³-hybridized carbons (Fsp3) is 0.286. The second-order valence-corrected chi connectivity index (χ2v) is 9.98. The van der Waals surface area contributed by atoms with Crippen LogP contribution in [0.2, 0.25) is 10.0 Å². The third-order valence-corrected chi connectivity index (χ3v) is 7.48. The molecule has 198 valence electrons. The third kappa shape index (κ3) is 5.92. The van der Waals surface area contributed by atoms with Crippen LogP contribution in [0, 0.1) is 5.92 Å². The molecule has 1 saturated carbocycles. The average Bonchev–Trinajstić information content (AvgIpc) is 3.38. The van der Waals surface area contributed by atoms with Crippen molar-refractivity contribution in [2.45, 2.75) is 44.2 Å². The van der Waals surface area contributed by atoms with Crippen molar-refractivity contribution in [1.82, 2.24) is 5.32 Å². The Balaban J connectivity index is 1.54. The van der Waals surface area contributed by atoms with Gasteiger partial charge in [-0.2, -0.15) is 0 Å². The number of carbonyl (C=O) groups excluding carboxylic acids is 3. The summed E-state index contributed by atoms with van der Waals surface area (Å²) in [6.45, 7) is 0. The van der Waals surface area contributed by atoms with Gasteiger partial charge in [0, 0.05) is 23.3 Å². The number of nitrogens with one attached hydrogen (secondary N) is 1. The highest BCUT2D eigenvalue weighted by molar-refractivity contribution is 6.47. The smallest absolute Gasteiger partial charge is 0.326 e. The summed E-state index contributed by atoms with van der Waals surface area (Å²) in [4.78, 5) is 48.6. The molecule has 0 saturated heterocycles. The van der Waals surface area contributed by atoms with Gasteiger partial charge >= 0.3 is 5.97 Å². The number of carbonyl (C=O) groups is 4. The normalized spacial score (nSPS) is 17.6. The van der Waals surface area contributed by atoms with Crippen LogP contribution in [0.15, 0.2) is 54.6 Å². The number of rotatable bonds is 10. The van der Waals surface area contributed by atoms with E-state index in [0.29, 0.717) is 41.3 Å². The van der Waals surface area contributed by atoms with E-state index in [2.05, 4.69) is 5.32 Å². The van der Waals surface area contributed by atoms with E-state index < -0.39 is 29.7 Å². The molecule has 38 heavy (non-hydrogen) atoms. The van der Waals surface area contributed by atoms with Crippen LogP contribution < -0.4 is 15.8 Å². The summed E-state index contributed by atoms with van der Waals surface area (Å²) in [6, 6.07) is 14.7. The van der Waals surface area contributed by atoms with Crippen molar-refractivity contribution in [2.24, 2.45) is 11.7 Å². The maximum absolute atomic E-state index is 13.3. The van der Waals surface area contributed by atoms with E-state index in [4.69, 9.17) is 33.7 Å². The molecule has 3 atom stereocenters. The van der Waals surface area contributed by atoms with E-state index in [1.807, 2.05) is 6.07 Å². The SMILES string of the molecule is NC(=O)CC[C@H](NC(=O)[C@H]1CC[C@H](Oc2c(Cl)c(Cl)c(C(=O)c3ccccc3)c3ccccc23)C1)C(=O)O. The van der Waals surface area contributed by atoms with Crippen molar-refractivity contribution in [3.05, 3.63) is 75.8 Å². The average molecular weight is 557 g/mol. The molecule has 2 amide bonds. The molecule has 3 aromatic carbocycles. The molecule has 1 fully saturated rings. The molecule has 0 bridgehead atoms. The maximum atomic E-state index is 13.3. The van der Waals surface area contributed by atoms with Crippen LogP contribution in [0.1, 0.15) is 48.0 Å². The molecule has 10 heteroatoms. The zero-order chi connectivity index (χ0) is 27.4. The molecule has 3 aromatic rings. The van der Waals surface area contributed by atoms with Gasteiger partial charge in [0.1, 0.15) is 16.8 Å². The summed E-state index contributed by atoms with van der Waals surface area (Å²) in [7, 11) is 0. The first kappa shape index (κ1) is 27.4. The van der Waals surface area contributed by atoms with Gasteiger partial charge in [0.2, 0.25) is 11.8 Å². The number of ether oxygens (including phenoxy) is 1. The molecule has 0 aliphatic heterocycles. The highest BCUT2D eigenvalue weighted by Crippen LogP contribution is 2.45. The lowest BCUT2D eigenvalue weighted by Gasteiger charge is -2.20. The lowest BCUT2D eigenvalue weighted by Crippen LogP contribution is -2.43. The minimum Gasteiger partial charge on any atom is -0.488 e. The van der Waals surface area contributed by atoms with E-state index in [9.17, 15) is 24.3 Å². The van der Waals surface area contributed by atoms with Crippen molar-refractivity contribution in [3.63, 3.8) is 0 Å². The topological polar surface area (TPSA) is 136 Å². The maximum Gasteiger partial charge on any atom is 0.326 e. The zero-order valence-electron chi connectivity index (χ0n) is 20.3. The summed E-state index contributed by atoms with van der Waals surface area (Å²) in [5.74, 6) is -2.71. The van der Waals surface area contributed by atoms with E-state index >= 15 is 0 Å². The summed E-state index contributed by atoms with van der Waals surface area (Å²) < 4.78 is 6.27. The van der Waals surface area contributed by atoms with Gasteiger partial charge in [0.25, 0.3) is 0 Å². The lowest BCUT2D eigenvalue weighted by molar-refractivity contribution is -0.142. The van der Waals surface area contributed by atoms with Crippen LogP contribution in [0.4, 0.5) is 0 Å². The number of hydrogen-bond acceptors (Lipinski definition) is 5. The second kappa shape index (κ2) is 11.8. The first-order valence-corrected chi connectivity index (χ1v) is 12.9. The minimum absolute atomic E-state index is 0.0836. The van der Waals surface area contributed by atoms with Crippen molar-refractivity contribution in [1.29, 1.82) is 0 Å². The van der Waals surface area contributed by atoms with Crippen molar-refractivity contribution < 1.29 is 29.0 Å². The summed E-state index contributed by atoms with van der Waals surface area (Å²) in [5, 5.41) is 13.3. The van der Waals surface area contributed by atoms with Crippen molar-refractivity contribution in [3.8, 4) is 5.75 Å². The number of amides is 2. The Morgan fingerprint density at radius 1 is 0.974 bits per heavy atom. The van der Waals surface area contributed by atoms with Gasteiger partial charge < -0.3 is 20.9 Å². The Hall–Kier alpha value is -3.62. The number of carboxylic acids is 1. The fourth-order valence-electron chi connectivity index (χ4n) is 4.70. The quantitative estimate of drug-likeness (QED) is 0.308. The van der Waals surface area contributed by atoms with Crippen LogP contribution in [-0.2, 0) is 14.4 Å². The third-order valence-electron chi connectivity index (χ3n) is 6.65. The van der Waals surface area contributed by atoms with E-state index in [-0.39, 0.29) is 40.3 Å². The number of aliphatic carboxylic acids is 1. The molecule has 0 unspecified atom stereocenters. The molecule has 4 rings (SSSR count). The number of hydrogen-bond donors (Lipinski definition) is 3. The summed E-state index contributed by atoms with van der Waals surface area (Å²) in [6.07, 6.45) is 0.727. The Morgan fingerprint density at radius 3 is 2.29 bits per heavy atom. The molecule has 4 N–H and O–H groups in total. The van der Waals surface area contributed by atoms with Crippen LogP contribution in [0.25, 0.3) is 10.8 Å². The predicted molar refractivity (Wildman–Crippen MR) is 144 cm³/mol. The number of fused-ring (bicyclic) bond motifs is 1. The minimum atomic E-state index is -1.23. The van der Waals surface area contributed by atoms with Gasteiger partial charge in [-0.3, -0.25) is 14.4 Å². The van der Waals surface area contributed by atoms with Gasteiger partial charge in [0.05, 0.1) is 16.7 Å². The highest BCUT2D eigenvalue weighted by atomic mass is 35.5. The van der Waals surface area contributed by atoms with Gasteiger partial charge in [-0.1, -0.05) is 77.8 Å². The molecule has 1 aliphatic rings. The van der Waals surface area contributed by atoms with E-state index in [0.717, 1.165) is 0 Å². The number of benzene rings is 3. The lowest BCUT2D eigenvalue weighted by atomic mass is 9.96. The molecule has 0 spiro atoms. The van der Waals surface area contributed by atoms with E-state index in [1.54, 1.807) is 48.5 Å². The van der Waals surface area contributed by atoms with Crippen LogP contribution in [0.3, 0.4) is 0 Å². The molecule has 0 aromatic heterocycles. The van der Waals surface area contributed by atoms with Gasteiger partial charge in [0.15, 0.2) is 5.78 Å². The van der Waals surface area contributed by atoms with Gasteiger partial charge in [-0.15, -0.1) is 0 Å².